The number of carbonyl (C=O) groups excluding carboxylic acids is 2. The topological polar surface area (TPSA) is 92.2 Å². The first kappa shape index (κ1) is 16.9. The van der Waals surface area contributed by atoms with Gasteiger partial charge in [0.05, 0.1) is 18.8 Å². The molecule has 0 saturated carbocycles. The summed E-state index contributed by atoms with van der Waals surface area (Å²) in [6.07, 6.45) is 0. The number of aromatic nitrogens is 3. The van der Waals surface area contributed by atoms with Gasteiger partial charge < -0.3 is 15.5 Å². The zero-order valence-corrected chi connectivity index (χ0v) is 14.4. The SMILES string of the molecule is CC(C)NC(=O)NCc1nnn2c1CN(Cc1ccccc1)C(=O)C2. The fraction of sp³-hybridized carbons (Fsp3) is 0.412. The van der Waals surface area contributed by atoms with Crippen LogP contribution in [0, 0.1) is 0 Å². The molecule has 0 saturated heterocycles. The molecule has 1 aliphatic heterocycles. The third-order valence-electron chi connectivity index (χ3n) is 3.95. The van der Waals surface area contributed by atoms with E-state index in [4.69, 9.17) is 0 Å². The van der Waals surface area contributed by atoms with Crippen LogP contribution in [-0.2, 0) is 31.0 Å². The van der Waals surface area contributed by atoms with Gasteiger partial charge in [-0.3, -0.25) is 4.79 Å². The summed E-state index contributed by atoms with van der Waals surface area (Å²) in [4.78, 5) is 25.8. The zero-order valence-electron chi connectivity index (χ0n) is 14.4. The highest BCUT2D eigenvalue weighted by atomic mass is 16.2. The highest BCUT2D eigenvalue weighted by Crippen LogP contribution is 2.18. The van der Waals surface area contributed by atoms with Gasteiger partial charge in [0.1, 0.15) is 12.2 Å². The Morgan fingerprint density at radius 2 is 2.00 bits per heavy atom. The molecule has 0 atom stereocenters. The number of benzene rings is 1. The minimum atomic E-state index is -0.246. The first-order valence-corrected chi connectivity index (χ1v) is 8.30. The molecule has 3 rings (SSSR count). The Bertz CT molecular complexity index is 756. The third-order valence-corrected chi connectivity index (χ3v) is 3.95. The number of nitrogens with one attached hydrogen (secondary N) is 2. The van der Waals surface area contributed by atoms with Gasteiger partial charge in [-0.15, -0.1) is 5.10 Å². The number of hydrogen-bond acceptors (Lipinski definition) is 4. The van der Waals surface area contributed by atoms with Crippen LogP contribution in [0.3, 0.4) is 0 Å². The molecule has 2 heterocycles. The number of nitrogens with zero attached hydrogens (tertiary/aromatic N) is 4. The summed E-state index contributed by atoms with van der Waals surface area (Å²) >= 11 is 0. The van der Waals surface area contributed by atoms with Crippen molar-refractivity contribution >= 4 is 11.9 Å². The second-order valence-electron chi connectivity index (χ2n) is 6.36. The molecule has 3 amide bonds. The van der Waals surface area contributed by atoms with Gasteiger partial charge in [0.25, 0.3) is 0 Å². The number of rotatable bonds is 5. The molecular weight excluding hydrogens is 320 g/mol. The van der Waals surface area contributed by atoms with Crippen LogP contribution in [0.4, 0.5) is 4.79 Å². The lowest BCUT2D eigenvalue weighted by Gasteiger charge is -2.27. The van der Waals surface area contributed by atoms with Crippen LogP contribution in [-0.4, -0.2) is 37.9 Å². The van der Waals surface area contributed by atoms with E-state index in [1.165, 1.54) is 0 Å². The molecule has 0 bridgehead atoms. The summed E-state index contributed by atoms with van der Waals surface area (Å²) < 4.78 is 1.61. The smallest absolute Gasteiger partial charge is 0.315 e. The first-order valence-electron chi connectivity index (χ1n) is 8.30. The molecule has 0 spiro atoms. The highest BCUT2D eigenvalue weighted by Gasteiger charge is 2.27. The Morgan fingerprint density at radius 1 is 1.24 bits per heavy atom. The lowest BCUT2D eigenvalue weighted by atomic mass is 10.1. The van der Waals surface area contributed by atoms with Crippen LogP contribution in [0.5, 0.6) is 0 Å². The molecule has 0 fully saturated rings. The number of amides is 3. The van der Waals surface area contributed by atoms with Crippen LogP contribution in [0.15, 0.2) is 30.3 Å². The quantitative estimate of drug-likeness (QED) is 0.849. The molecule has 0 radical (unpaired) electrons. The molecule has 1 aliphatic rings. The Morgan fingerprint density at radius 3 is 2.72 bits per heavy atom. The molecule has 25 heavy (non-hydrogen) atoms. The van der Waals surface area contributed by atoms with E-state index in [1.807, 2.05) is 44.2 Å². The third kappa shape index (κ3) is 4.14. The molecule has 2 aromatic rings. The lowest BCUT2D eigenvalue weighted by Crippen LogP contribution is -2.40. The first-order chi connectivity index (χ1) is 12.0. The predicted octanol–water partition coefficient (Wildman–Crippen LogP) is 1.03. The highest BCUT2D eigenvalue weighted by molar-refractivity contribution is 5.77. The minimum absolute atomic E-state index is 0.0123. The predicted molar refractivity (Wildman–Crippen MR) is 91.2 cm³/mol. The van der Waals surface area contributed by atoms with Crippen LogP contribution in [0.1, 0.15) is 30.8 Å². The molecule has 8 heteroatoms. The van der Waals surface area contributed by atoms with Crippen LogP contribution in [0.25, 0.3) is 0 Å². The van der Waals surface area contributed by atoms with E-state index < -0.39 is 0 Å². The normalized spacial score (nSPS) is 13.7. The maximum absolute atomic E-state index is 12.3. The molecule has 0 unspecified atom stereocenters. The maximum atomic E-state index is 12.3. The van der Waals surface area contributed by atoms with Crippen molar-refractivity contribution in [3.05, 3.63) is 47.3 Å². The van der Waals surface area contributed by atoms with Crippen molar-refractivity contribution < 1.29 is 9.59 Å². The van der Waals surface area contributed by atoms with Gasteiger partial charge in [-0.2, -0.15) is 0 Å². The average Bonchev–Trinajstić information content (AvgIpc) is 2.95. The molecule has 0 aliphatic carbocycles. The number of carbonyl (C=O) groups is 2. The van der Waals surface area contributed by atoms with Gasteiger partial charge in [-0.25, -0.2) is 9.48 Å². The average molecular weight is 342 g/mol. The van der Waals surface area contributed by atoms with Gasteiger partial charge in [-0.05, 0) is 19.4 Å². The number of urea groups is 1. The van der Waals surface area contributed by atoms with Crippen molar-refractivity contribution in [3.8, 4) is 0 Å². The van der Waals surface area contributed by atoms with Crippen LogP contribution < -0.4 is 10.6 Å². The Balaban J connectivity index is 1.67. The second-order valence-corrected chi connectivity index (χ2v) is 6.36. The van der Waals surface area contributed by atoms with E-state index in [0.717, 1.165) is 11.3 Å². The van der Waals surface area contributed by atoms with E-state index in [0.29, 0.717) is 18.8 Å². The van der Waals surface area contributed by atoms with Crippen LogP contribution in [0.2, 0.25) is 0 Å². The summed E-state index contributed by atoms with van der Waals surface area (Å²) in [6, 6.07) is 9.67. The summed E-state index contributed by atoms with van der Waals surface area (Å²) in [5.74, 6) is 0.0123. The fourth-order valence-corrected chi connectivity index (χ4v) is 2.73. The van der Waals surface area contributed by atoms with E-state index in [-0.39, 0.29) is 31.1 Å². The second kappa shape index (κ2) is 7.33. The Hall–Kier alpha value is -2.90. The standard InChI is InChI=1S/C17H22N6O2/c1-12(2)19-17(25)18-8-14-15-10-22(9-13-6-4-3-5-7-13)16(24)11-23(15)21-20-14/h3-7,12H,8-11H2,1-2H3,(H2,18,19,25). The largest absolute Gasteiger partial charge is 0.336 e. The summed E-state index contributed by atoms with van der Waals surface area (Å²) in [6.45, 7) is 5.23. The summed E-state index contributed by atoms with van der Waals surface area (Å²) in [5, 5.41) is 13.7. The van der Waals surface area contributed by atoms with E-state index in [1.54, 1.807) is 9.58 Å². The van der Waals surface area contributed by atoms with Crippen molar-refractivity contribution in [2.45, 2.75) is 46.1 Å². The van der Waals surface area contributed by atoms with Crippen molar-refractivity contribution in [1.29, 1.82) is 0 Å². The van der Waals surface area contributed by atoms with Gasteiger partial charge in [0.15, 0.2) is 0 Å². The minimum Gasteiger partial charge on any atom is -0.336 e. The van der Waals surface area contributed by atoms with E-state index in [9.17, 15) is 9.59 Å². The molecule has 132 valence electrons. The Labute approximate surface area is 146 Å². The molecule has 2 N–H and O–H groups in total. The van der Waals surface area contributed by atoms with Crippen molar-refractivity contribution in [3.63, 3.8) is 0 Å². The fourth-order valence-electron chi connectivity index (χ4n) is 2.73. The monoisotopic (exact) mass is 342 g/mol. The lowest BCUT2D eigenvalue weighted by molar-refractivity contribution is -0.135. The van der Waals surface area contributed by atoms with Crippen molar-refractivity contribution in [2.24, 2.45) is 0 Å². The van der Waals surface area contributed by atoms with Gasteiger partial charge in [-0.1, -0.05) is 35.5 Å². The van der Waals surface area contributed by atoms with E-state index in [2.05, 4.69) is 20.9 Å². The molecule has 1 aromatic heterocycles. The summed E-state index contributed by atoms with van der Waals surface area (Å²) in [7, 11) is 0. The molecule has 1 aromatic carbocycles. The van der Waals surface area contributed by atoms with Crippen molar-refractivity contribution in [2.75, 3.05) is 0 Å². The van der Waals surface area contributed by atoms with Gasteiger partial charge in [0.2, 0.25) is 5.91 Å². The van der Waals surface area contributed by atoms with E-state index >= 15 is 0 Å². The van der Waals surface area contributed by atoms with Gasteiger partial charge in [0, 0.05) is 12.6 Å². The van der Waals surface area contributed by atoms with Crippen molar-refractivity contribution in [1.82, 2.24) is 30.5 Å². The zero-order chi connectivity index (χ0) is 17.8. The molecule has 8 nitrogen and oxygen atoms in total. The number of fused-ring (bicyclic) bond motifs is 1. The summed E-state index contributed by atoms with van der Waals surface area (Å²) in [5.41, 5.74) is 2.62. The number of hydrogen-bond donors (Lipinski definition) is 2. The maximum Gasteiger partial charge on any atom is 0.315 e. The Kier molecular flexibility index (Phi) is 4.97. The van der Waals surface area contributed by atoms with Gasteiger partial charge >= 0.3 is 6.03 Å². The van der Waals surface area contributed by atoms with Crippen LogP contribution >= 0.6 is 0 Å². The molecular formula is C17H22N6O2.